The largest absolute Gasteiger partial charge is 0.415 e. The van der Waals surface area contributed by atoms with E-state index in [1.54, 1.807) is 16.8 Å². The molecule has 1 aliphatic heterocycles. The second-order valence-electron chi connectivity index (χ2n) is 6.95. The topological polar surface area (TPSA) is 119 Å². The molecule has 0 amide bonds. The van der Waals surface area contributed by atoms with E-state index < -0.39 is 12.3 Å². The molecule has 3 aromatic heterocycles. The Labute approximate surface area is 180 Å². The van der Waals surface area contributed by atoms with Crippen LogP contribution in [-0.2, 0) is 6.54 Å². The Hall–Kier alpha value is -4.22. The van der Waals surface area contributed by atoms with E-state index in [2.05, 4.69) is 41.1 Å². The Morgan fingerprint density at radius 1 is 1.06 bits per heavy atom. The van der Waals surface area contributed by atoms with E-state index in [4.69, 9.17) is 4.42 Å². The fourth-order valence-corrected chi connectivity index (χ4v) is 3.10. The van der Waals surface area contributed by atoms with E-state index in [9.17, 15) is 8.78 Å². The van der Waals surface area contributed by atoms with Crippen LogP contribution in [0.2, 0.25) is 0 Å². The molecule has 10 nitrogen and oxygen atoms in total. The zero-order chi connectivity index (χ0) is 21.9. The lowest BCUT2D eigenvalue weighted by Crippen LogP contribution is -2.26. The average Bonchev–Trinajstić information content (AvgIpc) is 3.57. The van der Waals surface area contributed by atoms with Crippen molar-refractivity contribution in [2.75, 3.05) is 18.4 Å². The first-order chi connectivity index (χ1) is 15.6. The first-order valence-corrected chi connectivity index (χ1v) is 9.77. The molecule has 2 N–H and O–H groups in total. The highest BCUT2D eigenvalue weighted by molar-refractivity contribution is 5.94. The van der Waals surface area contributed by atoms with Crippen LogP contribution in [-0.4, -0.2) is 49.2 Å². The zero-order valence-electron chi connectivity index (χ0n) is 16.6. The molecule has 0 atom stereocenters. The van der Waals surface area contributed by atoms with Gasteiger partial charge in [0, 0.05) is 24.0 Å². The van der Waals surface area contributed by atoms with Crippen LogP contribution in [0.4, 0.5) is 14.5 Å². The van der Waals surface area contributed by atoms with Gasteiger partial charge >= 0.3 is 6.43 Å². The average molecular weight is 437 g/mol. The molecule has 32 heavy (non-hydrogen) atoms. The molecule has 0 saturated heterocycles. The lowest BCUT2D eigenvalue weighted by Gasteiger charge is -2.06. The van der Waals surface area contributed by atoms with E-state index in [1.165, 1.54) is 6.20 Å². The Bertz CT molecular complexity index is 1230. The van der Waals surface area contributed by atoms with Crippen LogP contribution < -0.4 is 10.6 Å². The van der Waals surface area contributed by atoms with Gasteiger partial charge in [-0.05, 0) is 24.3 Å². The minimum absolute atomic E-state index is 0.00360. The fraction of sp³-hybridized carbons (Fsp3) is 0.200. The molecule has 1 aromatic carbocycles. The summed E-state index contributed by atoms with van der Waals surface area (Å²) >= 11 is 0. The molecule has 162 valence electrons. The summed E-state index contributed by atoms with van der Waals surface area (Å²) in [6, 6.07) is 11.2. The summed E-state index contributed by atoms with van der Waals surface area (Å²) in [4.78, 5) is 8.62. The monoisotopic (exact) mass is 437 g/mol. The minimum atomic E-state index is -2.81. The Morgan fingerprint density at radius 3 is 2.59 bits per heavy atom. The number of rotatable bonds is 6. The van der Waals surface area contributed by atoms with Crippen molar-refractivity contribution < 1.29 is 13.2 Å². The van der Waals surface area contributed by atoms with Gasteiger partial charge in [-0.15, -0.1) is 15.3 Å². The molecule has 12 heteroatoms. The molecular formula is C20H17F2N9O. The standard InChI is InChI=1S/C20H17F2N9O/c21-17(22)19-29-28-18(32-19)13-3-6-15(25-9-13)10-31-11-16(27-30-31)12-1-4-14(5-2-12)26-20-23-7-8-24-20/h1-6,9,11,17H,7-8,10H2,(H2,23,24,26). The third-order valence-electron chi connectivity index (χ3n) is 4.68. The lowest BCUT2D eigenvalue weighted by molar-refractivity contribution is 0.116. The predicted octanol–water partition coefficient (Wildman–Crippen LogP) is 2.75. The number of nitrogens with zero attached hydrogens (tertiary/aromatic N) is 7. The highest BCUT2D eigenvalue weighted by atomic mass is 19.3. The van der Waals surface area contributed by atoms with E-state index in [-0.39, 0.29) is 5.89 Å². The van der Waals surface area contributed by atoms with Crippen LogP contribution >= 0.6 is 0 Å². The molecule has 0 radical (unpaired) electrons. The van der Waals surface area contributed by atoms with Gasteiger partial charge in [0.2, 0.25) is 5.89 Å². The summed E-state index contributed by atoms with van der Waals surface area (Å²) in [5.74, 6) is 0.0545. The van der Waals surface area contributed by atoms with Gasteiger partial charge in [-0.2, -0.15) is 8.78 Å². The van der Waals surface area contributed by atoms with E-state index >= 15 is 0 Å². The Morgan fingerprint density at radius 2 is 1.91 bits per heavy atom. The van der Waals surface area contributed by atoms with Crippen LogP contribution in [0, 0.1) is 0 Å². The molecule has 0 saturated carbocycles. The highest BCUT2D eigenvalue weighted by Gasteiger charge is 2.17. The Balaban J connectivity index is 1.24. The quantitative estimate of drug-likeness (QED) is 0.473. The normalized spacial score (nSPS) is 13.3. The first kappa shape index (κ1) is 19.7. The van der Waals surface area contributed by atoms with Gasteiger partial charge in [0.1, 0.15) is 5.69 Å². The third-order valence-corrected chi connectivity index (χ3v) is 4.68. The van der Waals surface area contributed by atoms with Crippen LogP contribution in [0.15, 0.2) is 58.2 Å². The van der Waals surface area contributed by atoms with Crippen LogP contribution in [0.1, 0.15) is 18.0 Å². The molecule has 4 aromatic rings. The van der Waals surface area contributed by atoms with Gasteiger partial charge < -0.3 is 15.1 Å². The number of alkyl halides is 2. The zero-order valence-corrected chi connectivity index (χ0v) is 16.6. The molecule has 1 aliphatic rings. The summed E-state index contributed by atoms with van der Waals surface area (Å²) in [6.45, 7) is 2.01. The molecule has 0 fully saturated rings. The summed E-state index contributed by atoms with van der Waals surface area (Å²) < 4.78 is 31.8. The molecule has 0 spiro atoms. The smallest absolute Gasteiger partial charge is 0.314 e. The van der Waals surface area contributed by atoms with Gasteiger partial charge in [-0.3, -0.25) is 9.98 Å². The number of aliphatic imine (C=N–C) groups is 1. The van der Waals surface area contributed by atoms with Crippen molar-refractivity contribution >= 4 is 11.6 Å². The second-order valence-corrected chi connectivity index (χ2v) is 6.95. The number of hydrogen-bond acceptors (Lipinski definition) is 9. The fourth-order valence-electron chi connectivity index (χ4n) is 3.10. The van der Waals surface area contributed by atoms with Gasteiger partial charge in [-0.1, -0.05) is 17.3 Å². The van der Waals surface area contributed by atoms with Crippen molar-refractivity contribution in [2.45, 2.75) is 13.0 Å². The van der Waals surface area contributed by atoms with Gasteiger partial charge in [-0.25, -0.2) is 4.68 Å². The van der Waals surface area contributed by atoms with E-state index in [1.807, 2.05) is 30.5 Å². The van der Waals surface area contributed by atoms with Crippen molar-refractivity contribution in [3.8, 4) is 22.7 Å². The van der Waals surface area contributed by atoms with Crippen LogP contribution in [0.3, 0.4) is 0 Å². The number of halogens is 2. The molecule has 5 rings (SSSR count). The molecule has 0 unspecified atom stereocenters. The minimum Gasteiger partial charge on any atom is -0.415 e. The second kappa shape index (κ2) is 8.49. The van der Waals surface area contributed by atoms with Crippen LogP contribution in [0.5, 0.6) is 0 Å². The first-order valence-electron chi connectivity index (χ1n) is 9.77. The number of pyridine rings is 1. The number of guanidine groups is 1. The molecule has 0 bridgehead atoms. The number of anilines is 1. The predicted molar refractivity (Wildman–Crippen MR) is 111 cm³/mol. The number of aromatic nitrogens is 6. The summed E-state index contributed by atoms with van der Waals surface area (Å²) in [5.41, 5.74) is 3.76. The van der Waals surface area contributed by atoms with Gasteiger partial charge in [0.25, 0.3) is 5.89 Å². The summed E-state index contributed by atoms with van der Waals surface area (Å²) in [5, 5.41) is 21.7. The van der Waals surface area contributed by atoms with Crippen molar-refractivity contribution in [1.82, 2.24) is 35.5 Å². The van der Waals surface area contributed by atoms with Crippen LogP contribution in [0.25, 0.3) is 22.7 Å². The molecular weight excluding hydrogens is 420 g/mol. The maximum atomic E-state index is 12.6. The number of hydrogen-bond donors (Lipinski definition) is 2. The van der Waals surface area contributed by atoms with Crippen molar-refractivity contribution in [2.24, 2.45) is 4.99 Å². The van der Waals surface area contributed by atoms with Gasteiger partial charge in [0.05, 0.1) is 30.5 Å². The highest BCUT2D eigenvalue weighted by Crippen LogP contribution is 2.23. The summed E-state index contributed by atoms with van der Waals surface area (Å²) in [7, 11) is 0. The molecule has 0 aliphatic carbocycles. The van der Waals surface area contributed by atoms with E-state index in [0.717, 1.165) is 36.0 Å². The maximum absolute atomic E-state index is 12.6. The van der Waals surface area contributed by atoms with Crippen molar-refractivity contribution in [3.63, 3.8) is 0 Å². The van der Waals surface area contributed by atoms with Gasteiger partial charge in [0.15, 0.2) is 5.96 Å². The third kappa shape index (κ3) is 4.29. The lowest BCUT2D eigenvalue weighted by atomic mass is 10.1. The van der Waals surface area contributed by atoms with Crippen molar-refractivity contribution in [3.05, 3.63) is 60.4 Å². The molecule has 4 heterocycles. The Kier molecular flexibility index (Phi) is 5.24. The maximum Gasteiger partial charge on any atom is 0.314 e. The number of benzene rings is 1. The van der Waals surface area contributed by atoms with E-state index in [0.29, 0.717) is 17.8 Å². The SMILES string of the molecule is FC(F)c1nnc(-c2ccc(Cn3cc(-c4ccc(NC5=NCCN5)cc4)nn3)nc2)o1. The van der Waals surface area contributed by atoms with Crippen molar-refractivity contribution in [1.29, 1.82) is 0 Å². The summed E-state index contributed by atoms with van der Waals surface area (Å²) in [6.07, 6.45) is 0.509. The number of nitrogens with one attached hydrogen (secondary N) is 2.